The predicted molar refractivity (Wildman–Crippen MR) is 68.8 cm³/mol. The number of carbonyl (C=O) groups excluding carboxylic acids is 1. The molecule has 18 heavy (non-hydrogen) atoms. The number of aromatic nitrogens is 1. The van der Waals surface area contributed by atoms with Gasteiger partial charge in [0.2, 0.25) is 0 Å². The van der Waals surface area contributed by atoms with Crippen LogP contribution < -0.4 is 0 Å². The fourth-order valence-electron chi connectivity index (χ4n) is 2.68. The van der Waals surface area contributed by atoms with E-state index in [0.717, 1.165) is 18.4 Å². The lowest BCUT2D eigenvalue weighted by atomic mass is 9.82. The average Bonchev–Trinajstić information content (AvgIpc) is 2.42. The van der Waals surface area contributed by atoms with Crippen LogP contribution in [0.1, 0.15) is 50.0 Å². The molecule has 0 N–H and O–H groups in total. The molecule has 1 aliphatic rings. The third-order valence-corrected chi connectivity index (χ3v) is 3.71. The van der Waals surface area contributed by atoms with Crippen LogP contribution in [0.5, 0.6) is 0 Å². The highest BCUT2D eigenvalue weighted by Gasteiger charge is 2.24. The third-order valence-electron chi connectivity index (χ3n) is 3.71. The third kappa shape index (κ3) is 3.16. The first-order valence-electron chi connectivity index (χ1n) is 6.63. The summed E-state index contributed by atoms with van der Waals surface area (Å²) in [7, 11) is 0. The second-order valence-corrected chi connectivity index (χ2v) is 5.02. The van der Waals surface area contributed by atoms with Crippen molar-refractivity contribution in [3.63, 3.8) is 0 Å². The lowest BCUT2D eigenvalue weighted by molar-refractivity contribution is -0.120. The van der Waals surface area contributed by atoms with Crippen LogP contribution in [0.3, 0.4) is 0 Å². The van der Waals surface area contributed by atoms with Crippen LogP contribution in [0.15, 0.2) is 24.5 Å². The Labute approximate surface area is 108 Å². The zero-order valence-electron chi connectivity index (χ0n) is 10.5. The van der Waals surface area contributed by atoms with Crippen molar-refractivity contribution in [2.24, 2.45) is 5.92 Å². The van der Waals surface area contributed by atoms with Crippen LogP contribution in [-0.2, 0) is 4.79 Å². The fraction of sp³-hybridized carbons (Fsp3) is 0.533. The van der Waals surface area contributed by atoms with Crippen molar-refractivity contribution in [1.82, 2.24) is 4.98 Å². The normalized spacial score (nSPS) is 17.9. The van der Waals surface area contributed by atoms with Gasteiger partial charge in [0, 0.05) is 18.8 Å². The van der Waals surface area contributed by atoms with Crippen molar-refractivity contribution >= 4 is 5.78 Å². The molecule has 2 rings (SSSR count). The van der Waals surface area contributed by atoms with Gasteiger partial charge in [-0.05, 0) is 23.6 Å². The highest BCUT2D eigenvalue weighted by Crippen LogP contribution is 2.29. The second kappa shape index (κ2) is 6.30. The Kier molecular flexibility index (Phi) is 4.46. The molecule has 0 spiro atoms. The lowest BCUT2D eigenvalue weighted by Crippen LogP contribution is -2.17. The number of pyridine rings is 1. The number of hydrogen-bond acceptors (Lipinski definition) is 3. The molecule has 1 unspecified atom stereocenters. The van der Waals surface area contributed by atoms with Crippen molar-refractivity contribution in [2.45, 2.75) is 44.4 Å². The van der Waals surface area contributed by atoms with Crippen LogP contribution >= 0.6 is 0 Å². The smallest absolute Gasteiger partial charge is 0.154 e. The summed E-state index contributed by atoms with van der Waals surface area (Å²) in [6.45, 7) is 0. The largest absolute Gasteiger partial charge is 0.298 e. The van der Waals surface area contributed by atoms with Gasteiger partial charge >= 0.3 is 0 Å². The molecule has 1 aromatic heterocycles. The Morgan fingerprint density at radius 3 is 2.61 bits per heavy atom. The van der Waals surface area contributed by atoms with E-state index in [0.29, 0.717) is 12.3 Å². The molecule has 0 aliphatic heterocycles. The Balaban J connectivity index is 2.00. The molecule has 1 fully saturated rings. The summed E-state index contributed by atoms with van der Waals surface area (Å²) < 4.78 is 0. The van der Waals surface area contributed by atoms with Crippen molar-refractivity contribution < 1.29 is 4.79 Å². The number of ketones is 1. The van der Waals surface area contributed by atoms with Gasteiger partial charge in [0.15, 0.2) is 5.78 Å². The highest BCUT2D eigenvalue weighted by atomic mass is 16.1. The molecule has 1 atom stereocenters. The van der Waals surface area contributed by atoms with Gasteiger partial charge in [-0.15, -0.1) is 0 Å². The molecular weight excluding hydrogens is 224 g/mol. The molecule has 1 heterocycles. The number of nitriles is 1. The summed E-state index contributed by atoms with van der Waals surface area (Å²) in [5, 5.41) is 9.19. The first-order chi connectivity index (χ1) is 8.81. The summed E-state index contributed by atoms with van der Waals surface area (Å²) in [4.78, 5) is 16.1. The number of rotatable bonds is 4. The SMILES string of the molecule is N#CC(C(=O)CC1CCCCC1)c1ccncc1. The first-order valence-corrected chi connectivity index (χ1v) is 6.63. The topological polar surface area (TPSA) is 53.8 Å². The molecule has 1 aromatic rings. The minimum Gasteiger partial charge on any atom is -0.298 e. The molecule has 1 aliphatic carbocycles. The van der Waals surface area contributed by atoms with Crippen LogP contribution in [0.4, 0.5) is 0 Å². The molecule has 3 heteroatoms. The van der Waals surface area contributed by atoms with E-state index in [1.54, 1.807) is 24.5 Å². The van der Waals surface area contributed by atoms with Crippen LogP contribution in [-0.4, -0.2) is 10.8 Å². The minimum atomic E-state index is -0.616. The van der Waals surface area contributed by atoms with Crippen molar-refractivity contribution in [1.29, 1.82) is 5.26 Å². The molecule has 1 saturated carbocycles. The maximum Gasteiger partial charge on any atom is 0.154 e. The van der Waals surface area contributed by atoms with Gasteiger partial charge in [-0.1, -0.05) is 32.1 Å². The zero-order valence-corrected chi connectivity index (χ0v) is 10.5. The van der Waals surface area contributed by atoms with E-state index in [1.165, 1.54) is 19.3 Å². The molecule has 94 valence electrons. The molecule has 0 saturated heterocycles. The summed E-state index contributed by atoms with van der Waals surface area (Å²) in [6, 6.07) is 5.64. The van der Waals surface area contributed by atoms with E-state index in [4.69, 9.17) is 0 Å². The summed E-state index contributed by atoms with van der Waals surface area (Å²) in [5.74, 6) is -0.0607. The van der Waals surface area contributed by atoms with E-state index < -0.39 is 5.92 Å². The van der Waals surface area contributed by atoms with E-state index in [1.807, 2.05) is 0 Å². The van der Waals surface area contributed by atoms with Gasteiger partial charge in [-0.2, -0.15) is 5.26 Å². The van der Waals surface area contributed by atoms with Crippen LogP contribution in [0.2, 0.25) is 0 Å². The maximum absolute atomic E-state index is 12.2. The molecule has 0 amide bonds. The van der Waals surface area contributed by atoms with Gasteiger partial charge in [0.25, 0.3) is 0 Å². The van der Waals surface area contributed by atoms with Crippen molar-refractivity contribution in [3.8, 4) is 6.07 Å². The number of carbonyl (C=O) groups is 1. The predicted octanol–water partition coefficient (Wildman–Crippen LogP) is 3.23. The Bertz CT molecular complexity index is 430. The molecule has 0 aromatic carbocycles. The fourth-order valence-corrected chi connectivity index (χ4v) is 2.68. The van der Waals surface area contributed by atoms with Crippen LogP contribution in [0.25, 0.3) is 0 Å². The Morgan fingerprint density at radius 2 is 2.00 bits per heavy atom. The molecule has 0 radical (unpaired) electrons. The summed E-state index contributed by atoms with van der Waals surface area (Å²) in [5.41, 5.74) is 0.772. The highest BCUT2D eigenvalue weighted by molar-refractivity contribution is 5.88. The first kappa shape index (κ1) is 12.8. The van der Waals surface area contributed by atoms with E-state index in [9.17, 15) is 10.1 Å². The standard InChI is InChI=1S/C15H18N2O/c16-11-14(13-6-8-17-9-7-13)15(18)10-12-4-2-1-3-5-12/h6-9,12,14H,1-5,10H2. The van der Waals surface area contributed by atoms with Crippen molar-refractivity contribution in [2.75, 3.05) is 0 Å². The number of nitrogens with zero attached hydrogens (tertiary/aromatic N) is 2. The number of hydrogen-bond donors (Lipinski definition) is 0. The van der Waals surface area contributed by atoms with Gasteiger partial charge < -0.3 is 0 Å². The van der Waals surface area contributed by atoms with Crippen LogP contribution in [0, 0.1) is 17.2 Å². The van der Waals surface area contributed by atoms with Gasteiger partial charge in [0.05, 0.1) is 6.07 Å². The number of Topliss-reactive ketones (excluding diaryl/α,β-unsaturated/α-hetero) is 1. The quantitative estimate of drug-likeness (QED) is 0.814. The molecular formula is C15H18N2O. The molecule has 0 bridgehead atoms. The van der Waals surface area contributed by atoms with Gasteiger partial charge in [-0.3, -0.25) is 9.78 Å². The molecule has 3 nitrogen and oxygen atoms in total. The average molecular weight is 242 g/mol. The van der Waals surface area contributed by atoms with Gasteiger partial charge in [0.1, 0.15) is 5.92 Å². The minimum absolute atomic E-state index is 0.0654. The van der Waals surface area contributed by atoms with E-state index >= 15 is 0 Å². The summed E-state index contributed by atoms with van der Waals surface area (Å²) >= 11 is 0. The Morgan fingerprint density at radius 1 is 1.33 bits per heavy atom. The zero-order chi connectivity index (χ0) is 12.8. The lowest BCUT2D eigenvalue weighted by Gasteiger charge is -2.21. The Hall–Kier alpha value is -1.69. The van der Waals surface area contributed by atoms with E-state index in [-0.39, 0.29) is 5.78 Å². The maximum atomic E-state index is 12.2. The monoisotopic (exact) mass is 242 g/mol. The summed E-state index contributed by atoms with van der Waals surface area (Å²) in [6.07, 6.45) is 9.84. The van der Waals surface area contributed by atoms with Crippen molar-refractivity contribution in [3.05, 3.63) is 30.1 Å². The second-order valence-electron chi connectivity index (χ2n) is 5.02. The van der Waals surface area contributed by atoms with E-state index in [2.05, 4.69) is 11.1 Å². The van der Waals surface area contributed by atoms with Gasteiger partial charge in [-0.25, -0.2) is 0 Å².